The molecule has 1 N–H and O–H groups in total. The normalized spacial score (nSPS) is 11.2. The van der Waals surface area contributed by atoms with Crippen LogP contribution in [0.25, 0.3) is 0 Å². The Morgan fingerprint density at radius 2 is 2.17 bits per heavy atom. The lowest BCUT2D eigenvalue weighted by molar-refractivity contribution is -0.137. The molecule has 1 aromatic carbocycles. The molecule has 1 rings (SSSR count). The molecule has 0 aromatic heterocycles. The van der Waals surface area contributed by atoms with E-state index in [4.69, 9.17) is 5.11 Å². The van der Waals surface area contributed by atoms with Gasteiger partial charge in [-0.05, 0) is 47.5 Å². The second-order valence-corrected chi connectivity index (χ2v) is 5.31. The SMILES string of the molecule is CC(C)N(CCC(=O)O)Cc1ccc(F)c(Br)c1. The predicted molar refractivity (Wildman–Crippen MR) is 71.9 cm³/mol. The molecule has 0 unspecified atom stereocenters. The molecule has 3 nitrogen and oxygen atoms in total. The van der Waals surface area contributed by atoms with Gasteiger partial charge in [0, 0.05) is 19.1 Å². The average Bonchev–Trinajstić information content (AvgIpc) is 2.28. The number of benzene rings is 1. The second kappa shape index (κ2) is 6.85. The van der Waals surface area contributed by atoms with Gasteiger partial charge in [0.2, 0.25) is 0 Å². The van der Waals surface area contributed by atoms with E-state index in [-0.39, 0.29) is 18.3 Å². The van der Waals surface area contributed by atoms with E-state index >= 15 is 0 Å². The molecule has 0 saturated heterocycles. The highest BCUT2D eigenvalue weighted by Crippen LogP contribution is 2.18. The monoisotopic (exact) mass is 317 g/mol. The van der Waals surface area contributed by atoms with E-state index in [1.54, 1.807) is 12.1 Å². The van der Waals surface area contributed by atoms with Crippen molar-refractivity contribution in [3.8, 4) is 0 Å². The third-order valence-corrected chi connectivity index (χ3v) is 3.32. The van der Waals surface area contributed by atoms with Crippen molar-refractivity contribution in [1.29, 1.82) is 0 Å². The zero-order valence-corrected chi connectivity index (χ0v) is 12.1. The molecule has 1 aromatic rings. The van der Waals surface area contributed by atoms with E-state index in [1.165, 1.54) is 6.07 Å². The number of halogens is 2. The fraction of sp³-hybridized carbons (Fsp3) is 0.462. The number of rotatable bonds is 6. The minimum absolute atomic E-state index is 0.112. The molecule has 0 radical (unpaired) electrons. The van der Waals surface area contributed by atoms with Gasteiger partial charge < -0.3 is 5.11 Å². The Morgan fingerprint density at radius 3 is 2.67 bits per heavy atom. The molecule has 0 heterocycles. The number of nitrogens with zero attached hydrogens (tertiary/aromatic N) is 1. The summed E-state index contributed by atoms with van der Waals surface area (Å²) in [4.78, 5) is 12.6. The highest BCUT2D eigenvalue weighted by Gasteiger charge is 2.12. The van der Waals surface area contributed by atoms with Gasteiger partial charge in [0.1, 0.15) is 5.82 Å². The maximum atomic E-state index is 13.1. The van der Waals surface area contributed by atoms with Gasteiger partial charge >= 0.3 is 5.97 Å². The summed E-state index contributed by atoms with van der Waals surface area (Å²) in [5.41, 5.74) is 0.961. The lowest BCUT2D eigenvalue weighted by Gasteiger charge is -2.26. The fourth-order valence-corrected chi connectivity index (χ4v) is 2.06. The van der Waals surface area contributed by atoms with Crippen LogP contribution in [0, 0.1) is 5.82 Å². The zero-order valence-electron chi connectivity index (χ0n) is 10.5. The molecule has 0 fully saturated rings. The summed E-state index contributed by atoms with van der Waals surface area (Å²) in [5.74, 6) is -1.10. The van der Waals surface area contributed by atoms with Gasteiger partial charge in [-0.15, -0.1) is 0 Å². The number of carbonyl (C=O) groups is 1. The van der Waals surface area contributed by atoms with Crippen LogP contribution in [0.5, 0.6) is 0 Å². The fourth-order valence-electron chi connectivity index (χ4n) is 1.63. The van der Waals surface area contributed by atoms with Crippen molar-refractivity contribution in [3.63, 3.8) is 0 Å². The summed E-state index contributed by atoms with van der Waals surface area (Å²) in [7, 11) is 0. The van der Waals surface area contributed by atoms with Crippen LogP contribution in [0.15, 0.2) is 22.7 Å². The number of hydrogen-bond donors (Lipinski definition) is 1. The van der Waals surface area contributed by atoms with Crippen molar-refractivity contribution in [2.45, 2.75) is 32.9 Å². The summed E-state index contributed by atoms with van der Waals surface area (Å²) in [6.07, 6.45) is 0.112. The van der Waals surface area contributed by atoms with Crippen molar-refractivity contribution >= 4 is 21.9 Å². The molecule has 100 valence electrons. The van der Waals surface area contributed by atoms with Crippen LogP contribution in [-0.2, 0) is 11.3 Å². The van der Waals surface area contributed by atoms with E-state index in [9.17, 15) is 9.18 Å². The molecule has 18 heavy (non-hydrogen) atoms. The molecule has 0 amide bonds. The number of aliphatic carboxylic acids is 1. The standard InChI is InChI=1S/C13H17BrFNO2/c1-9(2)16(6-5-13(17)18)8-10-3-4-12(15)11(14)7-10/h3-4,7,9H,5-6,8H2,1-2H3,(H,17,18). The number of hydrogen-bond acceptors (Lipinski definition) is 2. The molecule has 5 heteroatoms. The first-order valence-corrected chi connectivity index (χ1v) is 6.59. The lowest BCUT2D eigenvalue weighted by atomic mass is 10.1. The Balaban J connectivity index is 2.70. The summed E-state index contributed by atoms with van der Waals surface area (Å²) in [5, 5.41) is 8.71. The Kier molecular flexibility index (Phi) is 5.75. The van der Waals surface area contributed by atoms with Crippen molar-refractivity contribution in [2.75, 3.05) is 6.54 Å². The first kappa shape index (κ1) is 15.1. The molecule has 0 aliphatic rings. The van der Waals surface area contributed by atoms with E-state index < -0.39 is 5.97 Å². The minimum Gasteiger partial charge on any atom is -0.481 e. The van der Waals surface area contributed by atoms with Crippen LogP contribution >= 0.6 is 15.9 Å². The Hall–Kier alpha value is -0.940. The third-order valence-electron chi connectivity index (χ3n) is 2.71. The smallest absolute Gasteiger partial charge is 0.304 e. The van der Waals surface area contributed by atoms with Gasteiger partial charge in [0.25, 0.3) is 0 Å². The maximum Gasteiger partial charge on any atom is 0.304 e. The van der Waals surface area contributed by atoms with Gasteiger partial charge in [-0.1, -0.05) is 6.07 Å². The van der Waals surface area contributed by atoms with Crippen LogP contribution in [0.4, 0.5) is 4.39 Å². The largest absolute Gasteiger partial charge is 0.481 e. The summed E-state index contributed by atoms with van der Waals surface area (Å²) in [6.45, 7) is 5.13. The van der Waals surface area contributed by atoms with Crippen molar-refractivity contribution in [3.05, 3.63) is 34.1 Å². The predicted octanol–water partition coefficient (Wildman–Crippen LogP) is 3.27. The van der Waals surface area contributed by atoms with Gasteiger partial charge in [-0.3, -0.25) is 9.69 Å². The Bertz CT molecular complexity index is 423. The molecular formula is C13H17BrFNO2. The van der Waals surface area contributed by atoms with Crippen molar-refractivity contribution in [1.82, 2.24) is 4.90 Å². The highest BCUT2D eigenvalue weighted by molar-refractivity contribution is 9.10. The molecule has 0 saturated carbocycles. The number of carboxylic acid groups (broad SMARTS) is 1. The summed E-state index contributed by atoms with van der Waals surface area (Å²) < 4.78 is 13.5. The molecule has 0 spiro atoms. The third kappa shape index (κ3) is 4.74. The van der Waals surface area contributed by atoms with Crippen LogP contribution in [0.1, 0.15) is 25.8 Å². The van der Waals surface area contributed by atoms with Gasteiger partial charge in [-0.2, -0.15) is 0 Å². The first-order valence-electron chi connectivity index (χ1n) is 5.80. The Labute approximate surface area is 115 Å². The Morgan fingerprint density at radius 1 is 1.50 bits per heavy atom. The maximum absolute atomic E-state index is 13.1. The quantitative estimate of drug-likeness (QED) is 0.875. The summed E-state index contributed by atoms with van der Waals surface area (Å²) >= 11 is 3.15. The average molecular weight is 318 g/mol. The van der Waals surface area contributed by atoms with Gasteiger partial charge in [0.05, 0.1) is 10.9 Å². The van der Waals surface area contributed by atoms with Crippen molar-refractivity contribution < 1.29 is 14.3 Å². The minimum atomic E-state index is -0.805. The molecule has 0 aliphatic heterocycles. The van der Waals surface area contributed by atoms with Crippen LogP contribution in [-0.4, -0.2) is 28.6 Å². The van der Waals surface area contributed by atoms with E-state index in [1.807, 2.05) is 18.7 Å². The lowest BCUT2D eigenvalue weighted by Crippen LogP contribution is -2.32. The molecule has 0 aliphatic carbocycles. The van der Waals surface area contributed by atoms with Crippen LogP contribution in [0.2, 0.25) is 0 Å². The molecule has 0 atom stereocenters. The van der Waals surface area contributed by atoms with Crippen LogP contribution in [0.3, 0.4) is 0 Å². The topological polar surface area (TPSA) is 40.5 Å². The highest BCUT2D eigenvalue weighted by atomic mass is 79.9. The van der Waals surface area contributed by atoms with Gasteiger partial charge in [-0.25, -0.2) is 4.39 Å². The summed E-state index contributed by atoms with van der Waals surface area (Å²) in [6, 6.07) is 5.10. The van der Waals surface area contributed by atoms with E-state index in [2.05, 4.69) is 15.9 Å². The van der Waals surface area contributed by atoms with E-state index in [0.29, 0.717) is 17.6 Å². The first-order chi connectivity index (χ1) is 8.40. The van der Waals surface area contributed by atoms with Crippen molar-refractivity contribution in [2.24, 2.45) is 0 Å². The van der Waals surface area contributed by atoms with Gasteiger partial charge in [0.15, 0.2) is 0 Å². The number of carboxylic acids is 1. The molecular weight excluding hydrogens is 301 g/mol. The molecule has 0 bridgehead atoms. The zero-order chi connectivity index (χ0) is 13.7. The van der Waals surface area contributed by atoms with Crippen LogP contribution < -0.4 is 0 Å². The van der Waals surface area contributed by atoms with E-state index in [0.717, 1.165) is 5.56 Å². The second-order valence-electron chi connectivity index (χ2n) is 4.46.